The molecule has 0 bridgehead atoms. The highest BCUT2D eigenvalue weighted by Gasteiger charge is 2.41. The maximum atomic E-state index is 12.7. The van der Waals surface area contributed by atoms with E-state index in [1.807, 2.05) is 24.5 Å². The molecule has 1 heterocycles. The molecule has 7 heteroatoms. The molecule has 29 heavy (non-hydrogen) atoms. The van der Waals surface area contributed by atoms with Crippen molar-refractivity contribution in [1.82, 2.24) is 20.4 Å². The lowest BCUT2D eigenvalue weighted by Gasteiger charge is -2.26. The van der Waals surface area contributed by atoms with Crippen molar-refractivity contribution in [3.8, 4) is 0 Å². The zero-order valence-corrected chi connectivity index (χ0v) is 18.3. The first kappa shape index (κ1) is 21.6. The van der Waals surface area contributed by atoms with Gasteiger partial charge in [-0.2, -0.15) is 4.98 Å². The first-order valence-corrected chi connectivity index (χ1v) is 11.5. The molecule has 156 valence electrons. The van der Waals surface area contributed by atoms with Crippen molar-refractivity contribution in [3.05, 3.63) is 47.6 Å². The molecule has 1 aromatic carbocycles. The molecule has 0 atom stereocenters. The number of hydrogen-bond acceptors (Lipinski definition) is 6. The van der Waals surface area contributed by atoms with E-state index in [1.165, 1.54) is 4.90 Å². The summed E-state index contributed by atoms with van der Waals surface area (Å²) in [7, 11) is 0. The molecule has 1 saturated carbocycles. The largest absolute Gasteiger partial charge is 0.340 e. The maximum Gasteiger partial charge on any atom is 0.244 e. The van der Waals surface area contributed by atoms with Crippen LogP contribution in [0.4, 0.5) is 0 Å². The van der Waals surface area contributed by atoms with Crippen LogP contribution in [-0.4, -0.2) is 40.3 Å². The number of hydrogen-bond donors (Lipinski definition) is 1. The smallest absolute Gasteiger partial charge is 0.244 e. The molecule has 1 aliphatic rings. The average Bonchev–Trinajstić information content (AvgIpc) is 3.41. The Morgan fingerprint density at radius 1 is 1.24 bits per heavy atom. The van der Waals surface area contributed by atoms with Crippen LogP contribution in [0.25, 0.3) is 6.08 Å². The molecule has 2 aromatic rings. The molecule has 0 radical (unpaired) electrons. The van der Waals surface area contributed by atoms with E-state index < -0.39 is 5.54 Å². The second-order valence-electron chi connectivity index (χ2n) is 7.36. The predicted molar refractivity (Wildman–Crippen MR) is 116 cm³/mol. The van der Waals surface area contributed by atoms with Crippen LogP contribution in [0.5, 0.6) is 0 Å². The fourth-order valence-electron chi connectivity index (χ4n) is 3.70. The minimum atomic E-state index is -0.533. The van der Waals surface area contributed by atoms with E-state index >= 15 is 0 Å². The third-order valence-electron chi connectivity index (χ3n) is 5.51. The van der Waals surface area contributed by atoms with E-state index in [0.717, 1.165) is 44.3 Å². The molecule has 1 fully saturated rings. The molecule has 1 N–H and O–H groups in total. The quantitative estimate of drug-likeness (QED) is 0.489. The standard InChI is InChI=1S/C22H30N4O2S/c1-4-26(5-2)16-20-23-21(25-28-20)22(14-6-7-15-22)24-19(27)13-10-17-8-11-18(29-3)12-9-17/h8-13H,4-7,14-16H2,1-3H3,(H,24,27)/b13-10+. The summed E-state index contributed by atoms with van der Waals surface area (Å²) in [5.74, 6) is 1.08. The molecule has 0 unspecified atom stereocenters. The molecule has 6 nitrogen and oxygen atoms in total. The van der Waals surface area contributed by atoms with Gasteiger partial charge in [0, 0.05) is 11.0 Å². The minimum Gasteiger partial charge on any atom is -0.340 e. The topological polar surface area (TPSA) is 71.3 Å². The van der Waals surface area contributed by atoms with Gasteiger partial charge in [0.15, 0.2) is 5.82 Å². The summed E-state index contributed by atoms with van der Waals surface area (Å²) in [6, 6.07) is 8.13. The normalized spacial score (nSPS) is 16.0. The van der Waals surface area contributed by atoms with Crippen molar-refractivity contribution in [2.75, 3.05) is 19.3 Å². The number of aromatic nitrogens is 2. The third-order valence-corrected chi connectivity index (χ3v) is 6.26. The zero-order valence-electron chi connectivity index (χ0n) is 17.5. The molecule has 1 amide bonds. The van der Waals surface area contributed by atoms with Crippen molar-refractivity contribution < 1.29 is 9.32 Å². The number of nitrogens with zero attached hydrogens (tertiary/aromatic N) is 3. The number of carbonyl (C=O) groups excluding carboxylic acids is 1. The highest BCUT2D eigenvalue weighted by Crippen LogP contribution is 2.37. The fraction of sp³-hybridized carbons (Fsp3) is 0.500. The van der Waals surface area contributed by atoms with Crippen molar-refractivity contribution in [2.24, 2.45) is 0 Å². The average molecular weight is 415 g/mol. The molecule has 0 aliphatic heterocycles. The minimum absolute atomic E-state index is 0.129. The van der Waals surface area contributed by atoms with E-state index in [4.69, 9.17) is 4.52 Å². The second kappa shape index (κ2) is 10.1. The van der Waals surface area contributed by atoms with E-state index in [2.05, 4.69) is 46.3 Å². The summed E-state index contributed by atoms with van der Waals surface area (Å²) in [5.41, 5.74) is 0.467. The van der Waals surface area contributed by atoms with Crippen LogP contribution in [0.15, 0.2) is 39.8 Å². The maximum absolute atomic E-state index is 12.7. The summed E-state index contributed by atoms with van der Waals surface area (Å²) in [6.45, 7) is 6.72. The lowest BCUT2D eigenvalue weighted by molar-refractivity contribution is -0.118. The van der Waals surface area contributed by atoms with Crippen LogP contribution >= 0.6 is 11.8 Å². The van der Waals surface area contributed by atoms with E-state index in [-0.39, 0.29) is 5.91 Å². The Morgan fingerprint density at radius 3 is 2.55 bits per heavy atom. The third kappa shape index (κ3) is 5.48. The summed E-state index contributed by atoms with van der Waals surface area (Å²) in [4.78, 5) is 20.7. The Hall–Kier alpha value is -2.12. The van der Waals surface area contributed by atoms with Gasteiger partial charge in [0.2, 0.25) is 11.8 Å². The van der Waals surface area contributed by atoms with Crippen LogP contribution in [0.2, 0.25) is 0 Å². The summed E-state index contributed by atoms with van der Waals surface area (Å²) >= 11 is 1.70. The van der Waals surface area contributed by atoms with E-state index in [1.54, 1.807) is 17.8 Å². The number of nitrogens with one attached hydrogen (secondary N) is 1. The van der Waals surface area contributed by atoms with Crippen molar-refractivity contribution in [2.45, 2.75) is 56.5 Å². The van der Waals surface area contributed by atoms with Gasteiger partial charge in [0.05, 0.1) is 6.54 Å². The first-order valence-electron chi connectivity index (χ1n) is 10.3. The SMILES string of the molecule is CCN(CC)Cc1nc(C2(NC(=O)/C=C/c3ccc(SC)cc3)CCCC2)no1. The molecule has 3 rings (SSSR count). The molecular formula is C22H30N4O2S. The summed E-state index contributed by atoms with van der Waals surface area (Å²) in [6.07, 6.45) is 9.22. The lowest BCUT2D eigenvalue weighted by Crippen LogP contribution is -2.44. The predicted octanol–water partition coefficient (Wildman–Crippen LogP) is 4.23. The number of thioether (sulfide) groups is 1. The van der Waals surface area contributed by atoms with Gasteiger partial charge >= 0.3 is 0 Å². The molecule has 0 saturated heterocycles. The monoisotopic (exact) mass is 414 g/mol. The number of benzene rings is 1. The van der Waals surface area contributed by atoms with Gasteiger partial charge in [-0.15, -0.1) is 11.8 Å². The van der Waals surface area contributed by atoms with Gasteiger partial charge in [0.25, 0.3) is 0 Å². The number of carbonyl (C=O) groups is 1. The van der Waals surface area contributed by atoms with E-state index in [0.29, 0.717) is 18.3 Å². The molecule has 0 spiro atoms. The highest BCUT2D eigenvalue weighted by atomic mass is 32.2. The van der Waals surface area contributed by atoms with Crippen LogP contribution < -0.4 is 5.32 Å². The number of amides is 1. The van der Waals surface area contributed by atoms with Crippen LogP contribution in [0, 0.1) is 0 Å². The number of rotatable bonds is 9. The Balaban J connectivity index is 1.69. The molecule has 1 aromatic heterocycles. The Kier molecular flexibility index (Phi) is 7.50. The lowest BCUT2D eigenvalue weighted by atomic mass is 9.96. The van der Waals surface area contributed by atoms with Crippen LogP contribution in [0.1, 0.15) is 56.8 Å². The Morgan fingerprint density at radius 2 is 1.93 bits per heavy atom. The van der Waals surface area contributed by atoms with Gasteiger partial charge < -0.3 is 9.84 Å². The van der Waals surface area contributed by atoms with Crippen LogP contribution in [-0.2, 0) is 16.9 Å². The van der Waals surface area contributed by atoms with Gasteiger partial charge in [-0.1, -0.05) is 44.0 Å². The van der Waals surface area contributed by atoms with Crippen molar-refractivity contribution in [1.29, 1.82) is 0 Å². The second-order valence-corrected chi connectivity index (χ2v) is 8.24. The fourth-order valence-corrected chi connectivity index (χ4v) is 4.11. The van der Waals surface area contributed by atoms with Crippen molar-refractivity contribution >= 4 is 23.7 Å². The van der Waals surface area contributed by atoms with Gasteiger partial charge in [-0.05, 0) is 56.0 Å². The summed E-state index contributed by atoms with van der Waals surface area (Å²) < 4.78 is 5.49. The van der Waals surface area contributed by atoms with Gasteiger partial charge in [0.1, 0.15) is 5.54 Å². The van der Waals surface area contributed by atoms with Crippen LogP contribution in [0.3, 0.4) is 0 Å². The van der Waals surface area contributed by atoms with Gasteiger partial charge in [-0.3, -0.25) is 9.69 Å². The Bertz CT molecular complexity index is 822. The summed E-state index contributed by atoms with van der Waals surface area (Å²) in [5, 5.41) is 7.40. The Labute approximate surface area is 177 Å². The first-order chi connectivity index (χ1) is 14.1. The highest BCUT2D eigenvalue weighted by molar-refractivity contribution is 7.98. The molecular weight excluding hydrogens is 384 g/mol. The van der Waals surface area contributed by atoms with Gasteiger partial charge in [-0.25, -0.2) is 0 Å². The van der Waals surface area contributed by atoms with Crippen molar-refractivity contribution in [3.63, 3.8) is 0 Å². The van der Waals surface area contributed by atoms with E-state index in [9.17, 15) is 4.79 Å². The zero-order chi connectivity index (χ0) is 20.7. The molecule has 1 aliphatic carbocycles.